The Balaban J connectivity index is 2.14. The van der Waals surface area contributed by atoms with Gasteiger partial charge in [0.1, 0.15) is 0 Å². The summed E-state index contributed by atoms with van der Waals surface area (Å²) in [6, 6.07) is 3.95. The molecule has 0 saturated heterocycles. The Labute approximate surface area is 125 Å². The number of aromatic nitrogens is 2. The number of carbonyl (C=O) groups excluding carboxylic acids is 1. The number of hydrogen-bond acceptors (Lipinski definition) is 5. The molecule has 2 rings (SSSR count). The van der Waals surface area contributed by atoms with Crippen LogP contribution in [0.2, 0.25) is 0 Å². The molecule has 0 unspecified atom stereocenters. The monoisotopic (exact) mass is 292 g/mol. The van der Waals surface area contributed by atoms with Gasteiger partial charge < -0.3 is 14.9 Å². The minimum atomic E-state index is -0.152. The number of aliphatic hydroxyl groups is 1. The van der Waals surface area contributed by atoms with Crippen molar-refractivity contribution in [2.24, 2.45) is 0 Å². The smallest absolute Gasteiger partial charge is 0.273 e. The highest BCUT2D eigenvalue weighted by atomic mass is 16.3. The Morgan fingerprint density at radius 2 is 1.95 bits per heavy atom. The van der Waals surface area contributed by atoms with E-state index in [9.17, 15) is 9.90 Å². The number of carbonyl (C=O) groups is 1. The maximum Gasteiger partial charge on any atom is 0.273 e. The number of hydrogen-bond donors (Lipinski definition) is 1. The molecule has 21 heavy (non-hydrogen) atoms. The highest BCUT2D eigenvalue weighted by molar-refractivity contribution is 5.91. The van der Waals surface area contributed by atoms with E-state index in [1.54, 1.807) is 20.2 Å². The van der Waals surface area contributed by atoms with Crippen molar-refractivity contribution >= 4 is 11.7 Å². The minimum Gasteiger partial charge on any atom is -0.395 e. The standard InChI is InChI=1S/C15H24N4O2/c1-18(2)15(21)13-8-9-14(17-16-13)19(10-11-20)12-6-4-3-5-7-12/h8-9,12,20H,3-7,10-11H2,1-2H3. The van der Waals surface area contributed by atoms with Crippen LogP contribution >= 0.6 is 0 Å². The van der Waals surface area contributed by atoms with Crippen molar-refractivity contribution in [3.63, 3.8) is 0 Å². The van der Waals surface area contributed by atoms with E-state index < -0.39 is 0 Å². The molecule has 0 spiro atoms. The fourth-order valence-electron chi connectivity index (χ4n) is 2.81. The minimum absolute atomic E-state index is 0.0938. The molecule has 6 nitrogen and oxygen atoms in total. The van der Waals surface area contributed by atoms with Crippen molar-refractivity contribution in [1.29, 1.82) is 0 Å². The van der Waals surface area contributed by atoms with E-state index in [0.717, 1.165) is 18.7 Å². The van der Waals surface area contributed by atoms with E-state index in [-0.39, 0.29) is 12.5 Å². The number of anilines is 1. The average Bonchev–Trinajstić information content (AvgIpc) is 2.53. The molecule has 1 N–H and O–H groups in total. The lowest BCUT2D eigenvalue weighted by molar-refractivity contribution is 0.0821. The molecule has 0 radical (unpaired) electrons. The summed E-state index contributed by atoms with van der Waals surface area (Å²) < 4.78 is 0. The lowest BCUT2D eigenvalue weighted by atomic mass is 9.94. The van der Waals surface area contributed by atoms with E-state index in [0.29, 0.717) is 18.3 Å². The quantitative estimate of drug-likeness (QED) is 0.886. The lowest BCUT2D eigenvalue weighted by Gasteiger charge is -2.34. The number of amides is 1. The predicted molar refractivity (Wildman–Crippen MR) is 81.4 cm³/mol. The SMILES string of the molecule is CN(C)C(=O)c1ccc(N(CCO)C2CCCCC2)nn1. The topological polar surface area (TPSA) is 69.6 Å². The molecule has 1 aromatic heterocycles. The normalized spacial score (nSPS) is 15.8. The summed E-state index contributed by atoms with van der Waals surface area (Å²) in [5.41, 5.74) is 0.344. The van der Waals surface area contributed by atoms with Crippen molar-refractivity contribution in [3.8, 4) is 0 Å². The molecule has 1 saturated carbocycles. The van der Waals surface area contributed by atoms with Crippen LogP contribution in [0.1, 0.15) is 42.6 Å². The molecule has 6 heteroatoms. The van der Waals surface area contributed by atoms with Gasteiger partial charge in [0.25, 0.3) is 5.91 Å². The first-order chi connectivity index (χ1) is 10.1. The molecule has 0 aromatic carbocycles. The van der Waals surface area contributed by atoms with Crippen molar-refractivity contribution in [2.75, 3.05) is 32.1 Å². The van der Waals surface area contributed by atoms with Crippen LogP contribution in [0.3, 0.4) is 0 Å². The van der Waals surface area contributed by atoms with E-state index in [2.05, 4.69) is 15.1 Å². The maximum absolute atomic E-state index is 11.8. The largest absolute Gasteiger partial charge is 0.395 e. The molecule has 1 amide bonds. The third-order valence-corrected chi connectivity index (χ3v) is 3.93. The third kappa shape index (κ3) is 3.91. The van der Waals surface area contributed by atoms with E-state index in [1.165, 1.54) is 24.2 Å². The number of nitrogens with zero attached hydrogens (tertiary/aromatic N) is 4. The first kappa shape index (κ1) is 15.7. The van der Waals surface area contributed by atoms with Gasteiger partial charge in [-0.25, -0.2) is 0 Å². The molecular weight excluding hydrogens is 268 g/mol. The summed E-state index contributed by atoms with van der Waals surface area (Å²) in [4.78, 5) is 15.4. The summed E-state index contributed by atoms with van der Waals surface area (Å²) in [5, 5.41) is 17.5. The Hall–Kier alpha value is -1.69. The van der Waals surface area contributed by atoms with Gasteiger partial charge >= 0.3 is 0 Å². The van der Waals surface area contributed by atoms with Gasteiger partial charge in [0.05, 0.1) is 6.61 Å². The Bertz CT molecular complexity index is 455. The summed E-state index contributed by atoms with van der Waals surface area (Å²) in [6.45, 7) is 0.650. The van der Waals surface area contributed by atoms with E-state index in [4.69, 9.17) is 0 Å². The lowest BCUT2D eigenvalue weighted by Crippen LogP contribution is -2.39. The molecule has 1 aromatic rings. The van der Waals surface area contributed by atoms with Crippen molar-refractivity contribution in [2.45, 2.75) is 38.1 Å². The Morgan fingerprint density at radius 1 is 1.24 bits per heavy atom. The van der Waals surface area contributed by atoms with Crippen LogP contribution in [-0.2, 0) is 0 Å². The average molecular weight is 292 g/mol. The zero-order valence-electron chi connectivity index (χ0n) is 12.8. The van der Waals surface area contributed by atoms with E-state index in [1.807, 2.05) is 6.07 Å². The Kier molecular flexibility index (Phi) is 5.50. The van der Waals surface area contributed by atoms with Gasteiger partial charge in [-0.2, -0.15) is 0 Å². The van der Waals surface area contributed by atoms with E-state index >= 15 is 0 Å². The van der Waals surface area contributed by atoms with Crippen molar-refractivity contribution < 1.29 is 9.90 Å². The van der Waals surface area contributed by atoms with Gasteiger partial charge in [-0.15, -0.1) is 10.2 Å². The zero-order chi connectivity index (χ0) is 15.2. The van der Waals surface area contributed by atoms with Crippen LogP contribution in [0.5, 0.6) is 0 Å². The van der Waals surface area contributed by atoms with Gasteiger partial charge in [0.15, 0.2) is 11.5 Å². The van der Waals surface area contributed by atoms with Crippen LogP contribution < -0.4 is 4.90 Å². The molecule has 1 heterocycles. The predicted octanol–water partition coefficient (Wildman–Crippen LogP) is 1.31. The zero-order valence-corrected chi connectivity index (χ0v) is 12.8. The summed E-state index contributed by atoms with van der Waals surface area (Å²) in [6.07, 6.45) is 5.97. The van der Waals surface area contributed by atoms with Crippen LogP contribution in [0.4, 0.5) is 5.82 Å². The second-order valence-electron chi connectivity index (χ2n) is 5.69. The molecule has 116 valence electrons. The highest BCUT2D eigenvalue weighted by Crippen LogP contribution is 2.25. The van der Waals surface area contributed by atoms with Gasteiger partial charge in [-0.1, -0.05) is 19.3 Å². The highest BCUT2D eigenvalue weighted by Gasteiger charge is 2.22. The van der Waals surface area contributed by atoms with Gasteiger partial charge in [-0.3, -0.25) is 4.79 Å². The first-order valence-corrected chi connectivity index (χ1v) is 7.56. The van der Waals surface area contributed by atoms with Gasteiger partial charge in [0.2, 0.25) is 0 Å². The molecule has 0 bridgehead atoms. The maximum atomic E-state index is 11.8. The van der Waals surface area contributed by atoms with Crippen LogP contribution in [0.15, 0.2) is 12.1 Å². The molecular formula is C15H24N4O2. The van der Waals surface area contributed by atoms with Crippen molar-refractivity contribution in [1.82, 2.24) is 15.1 Å². The first-order valence-electron chi connectivity index (χ1n) is 7.56. The molecule has 1 aliphatic rings. The fourth-order valence-corrected chi connectivity index (χ4v) is 2.81. The summed E-state index contributed by atoms with van der Waals surface area (Å²) >= 11 is 0. The van der Waals surface area contributed by atoms with Gasteiger partial charge in [-0.05, 0) is 25.0 Å². The van der Waals surface area contributed by atoms with Crippen LogP contribution in [-0.4, -0.2) is 59.4 Å². The summed E-state index contributed by atoms with van der Waals surface area (Å²) in [5.74, 6) is 0.590. The molecule has 0 atom stereocenters. The Morgan fingerprint density at radius 3 is 2.48 bits per heavy atom. The van der Waals surface area contributed by atoms with Crippen LogP contribution in [0, 0.1) is 0 Å². The third-order valence-electron chi connectivity index (χ3n) is 3.93. The summed E-state index contributed by atoms with van der Waals surface area (Å²) in [7, 11) is 3.38. The molecule has 1 aliphatic carbocycles. The number of rotatable bonds is 5. The van der Waals surface area contributed by atoms with Gasteiger partial charge in [0, 0.05) is 26.7 Å². The fraction of sp³-hybridized carbons (Fsp3) is 0.667. The second-order valence-corrected chi connectivity index (χ2v) is 5.69. The molecule has 0 aliphatic heterocycles. The number of aliphatic hydroxyl groups excluding tert-OH is 1. The second kappa shape index (κ2) is 7.36. The molecule has 1 fully saturated rings. The van der Waals surface area contributed by atoms with Crippen LogP contribution in [0.25, 0.3) is 0 Å². The van der Waals surface area contributed by atoms with Crippen molar-refractivity contribution in [3.05, 3.63) is 17.8 Å².